The minimum Gasteiger partial charge on any atom is -0.381 e. The van der Waals surface area contributed by atoms with Gasteiger partial charge in [0.05, 0.1) is 29.2 Å². The summed E-state index contributed by atoms with van der Waals surface area (Å²) < 4.78 is 9.96. The number of amides is 1. The fourth-order valence-corrected chi connectivity index (χ4v) is 4.33. The molecule has 13 heteroatoms. The summed E-state index contributed by atoms with van der Waals surface area (Å²) in [6, 6.07) is 9.86. The Labute approximate surface area is 226 Å². The van der Waals surface area contributed by atoms with Crippen molar-refractivity contribution < 1.29 is 9.32 Å². The molecule has 0 aliphatic carbocycles. The second-order valence-electron chi connectivity index (χ2n) is 9.02. The molecule has 0 unspecified atom stereocenters. The molecule has 40 heavy (non-hydrogen) atoms. The van der Waals surface area contributed by atoms with Crippen LogP contribution in [0, 0.1) is 18.8 Å². The van der Waals surface area contributed by atoms with Gasteiger partial charge >= 0.3 is 0 Å². The molecule has 3 N–H and O–H groups in total. The molecule has 0 radical (unpaired) electrons. The number of nitrogens with two attached hydrogens (primary N) is 1. The van der Waals surface area contributed by atoms with Crippen molar-refractivity contribution in [3.8, 4) is 17.5 Å². The number of fused-ring (bicyclic) bond motifs is 2. The van der Waals surface area contributed by atoms with E-state index in [9.17, 15) is 9.59 Å². The number of aryl methyl sites for hydroxylation is 1. The van der Waals surface area contributed by atoms with E-state index in [1.807, 2.05) is 20.0 Å². The first kappa shape index (κ1) is 24.6. The molecule has 0 spiro atoms. The minimum absolute atomic E-state index is 0.00217. The van der Waals surface area contributed by atoms with E-state index in [-0.39, 0.29) is 34.0 Å². The third-order valence-corrected chi connectivity index (χ3v) is 6.49. The van der Waals surface area contributed by atoms with Gasteiger partial charge in [0.2, 0.25) is 0 Å². The maximum absolute atomic E-state index is 13.9. The molecule has 0 aliphatic rings. The molecule has 0 saturated carbocycles. The second kappa shape index (κ2) is 9.52. The minimum atomic E-state index is -0.763. The molecule has 0 aliphatic heterocycles. The van der Waals surface area contributed by atoms with Crippen LogP contribution in [0.25, 0.3) is 22.4 Å². The topological polar surface area (TPSA) is 164 Å². The summed E-state index contributed by atoms with van der Waals surface area (Å²) in [5, 5.41) is 15.3. The fraction of sp³-hybridized carbons (Fsp3) is 0.148. The molecule has 6 aromatic rings. The number of rotatable bonds is 4. The first-order chi connectivity index (χ1) is 19.3. The summed E-state index contributed by atoms with van der Waals surface area (Å²) in [5.74, 6) is 5.64. The molecule has 5 aromatic heterocycles. The Bertz CT molecular complexity index is 2040. The molecule has 0 fully saturated rings. The van der Waals surface area contributed by atoms with Crippen molar-refractivity contribution >= 4 is 28.5 Å². The van der Waals surface area contributed by atoms with Gasteiger partial charge in [-0.05, 0) is 38.0 Å². The van der Waals surface area contributed by atoms with Gasteiger partial charge in [0, 0.05) is 19.4 Å². The Kier molecular flexibility index (Phi) is 5.84. The van der Waals surface area contributed by atoms with Crippen LogP contribution in [-0.4, -0.2) is 45.0 Å². The van der Waals surface area contributed by atoms with Crippen LogP contribution >= 0.6 is 0 Å². The molecule has 5 heterocycles. The highest BCUT2D eigenvalue weighted by Gasteiger charge is 2.26. The first-order valence-corrected chi connectivity index (χ1v) is 12.2. The monoisotopic (exact) mass is 534 g/mol. The molecule has 0 saturated heterocycles. The summed E-state index contributed by atoms with van der Waals surface area (Å²) >= 11 is 0. The van der Waals surface area contributed by atoms with E-state index in [0.717, 1.165) is 5.69 Å². The van der Waals surface area contributed by atoms with Crippen LogP contribution < -0.4 is 16.6 Å². The average molecular weight is 535 g/mol. The highest BCUT2D eigenvalue weighted by atomic mass is 16.5. The predicted molar refractivity (Wildman–Crippen MR) is 145 cm³/mol. The molecule has 198 valence electrons. The smallest absolute Gasteiger partial charge is 0.272 e. The zero-order chi connectivity index (χ0) is 28.0. The van der Waals surface area contributed by atoms with Crippen molar-refractivity contribution in [2.45, 2.75) is 19.9 Å². The Morgan fingerprint density at radius 2 is 1.98 bits per heavy atom. The summed E-state index contributed by atoms with van der Waals surface area (Å²) in [4.78, 5) is 36.1. The highest BCUT2D eigenvalue weighted by Crippen LogP contribution is 2.22. The van der Waals surface area contributed by atoms with Gasteiger partial charge < -0.3 is 15.6 Å². The number of anilines is 1. The van der Waals surface area contributed by atoms with Crippen LogP contribution in [0.15, 0.2) is 64.3 Å². The molecule has 0 bridgehead atoms. The van der Waals surface area contributed by atoms with Gasteiger partial charge in [-0.2, -0.15) is 10.1 Å². The number of aromatic nitrogens is 8. The second-order valence-corrected chi connectivity index (χ2v) is 9.02. The third-order valence-electron chi connectivity index (χ3n) is 6.49. The lowest BCUT2D eigenvalue weighted by atomic mass is 10.2. The van der Waals surface area contributed by atoms with Crippen molar-refractivity contribution in [2.24, 2.45) is 7.05 Å². The lowest BCUT2D eigenvalue weighted by Gasteiger charge is -2.18. The van der Waals surface area contributed by atoms with Crippen LogP contribution in [0.3, 0.4) is 0 Å². The molecule has 1 aromatic carbocycles. The van der Waals surface area contributed by atoms with Crippen LogP contribution in [0.4, 0.5) is 5.82 Å². The standard InChI is InChI=1S/C27H22N10O3/c1-15(31-25(38)21-22(28)33-36-13-7-12-29-24(21)36)23-32-26-20(27(39)37(23)18-8-5-4-6-9-18)19(34-40-26)11-10-17-14-30-35(3)16(17)2/h4-9,12-15H,1-3H3,(H2,28,33)(H,31,38)/t15-/m1/s1. The largest absolute Gasteiger partial charge is 0.381 e. The molecule has 6 rings (SSSR count). The van der Waals surface area contributed by atoms with Gasteiger partial charge in [0.15, 0.2) is 17.2 Å². The number of nitrogens with one attached hydrogen (secondary N) is 1. The lowest BCUT2D eigenvalue weighted by molar-refractivity contribution is 0.0940. The van der Waals surface area contributed by atoms with Gasteiger partial charge in [-0.1, -0.05) is 29.3 Å². The maximum Gasteiger partial charge on any atom is 0.272 e. The van der Waals surface area contributed by atoms with E-state index >= 15 is 0 Å². The number of nitrogens with zero attached hydrogens (tertiary/aromatic N) is 8. The van der Waals surface area contributed by atoms with E-state index in [1.54, 1.807) is 60.5 Å². The van der Waals surface area contributed by atoms with E-state index < -0.39 is 17.5 Å². The Balaban J connectivity index is 1.45. The Hall–Kier alpha value is -5.77. The average Bonchev–Trinajstić information content (AvgIpc) is 3.62. The Morgan fingerprint density at radius 3 is 2.73 bits per heavy atom. The van der Waals surface area contributed by atoms with Crippen molar-refractivity contribution in [2.75, 3.05) is 5.73 Å². The van der Waals surface area contributed by atoms with Gasteiger partial charge in [0.25, 0.3) is 17.2 Å². The summed E-state index contributed by atoms with van der Waals surface area (Å²) in [6.45, 7) is 3.59. The van der Waals surface area contributed by atoms with Gasteiger partial charge in [-0.25, -0.2) is 9.50 Å². The number of carbonyl (C=O) groups excluding carboxylic acids is 1. The number of benzene rings is 1. The number of hydrogen-bond donors (Lipinski definition) is 2. The summed E-state index contributed by atoms with van der Waals surface area (Å²) in [5.41, 5.74) is 8.25. The van der Waals surface area contributed by atoms with Crippen molar-refractivity contribution in [3.05, 3.63) is 93.7 Å². The van der Waals surface area contributed by atoms with Crippen molar-refractivity contribution in [1.29, 1.82) is 0 Å². The zero-order valence-electron chi connectivity index (χ0n) is 21.7. The van der Waals surface area contributed by atoms with Crippen molar-refractivity contribution in [1.82, 2.24) is 44.4 Å². The SMILES string of the molecule is Cc1c(C#Cc2noc3nc([C@@H](C)NC(=O)c4c(N)nn5cccnc45)n(-c4ccccc4)c(=O)c23)cnn1C. The first-order valence-electron chi connectivity index (χ1n) is 12.2. The van der Waals surface area contributed by atoms with Crippen LogP contribution in [-0.2, 0) is 7.05 Å². The highest BCUT2D eigenvalue weighted by molar-refractivity contribution is 6.04. The van der Waals surface area contributed by atoms with Crippen LogP contribution in [0.5, 0.6) is 0 Å². The fourth-order valence-electron chi connectivity index (χ4n) is 4.33. The van der Waals surface area contributed by atoms with Gasteiger partial charge in [-0.15, -0.1) is 5.10 Å². The van der Waals surface area contributed by atoms with E-state index in [0.29, 0.717) is 16.9 Å². The van der Waals surface area contributed by atoms with E-state index in [1.165, 1.54) is 9.08 Å². The molecular formula is C27H22N10O3. The number of para-hydroxylation sites is 1. The quantitative estimate of drug-likeness (QED) is 0.322. The number of carbonyl (C=O) groups is 1. The molecule has 13 nitrogen and oxygen atoms in total. The van der Waals surface area contributed by atoms with Crippen molar-refractivity contribution in [3.63, 3.8) is 0 Å². The van der Waals surface area contributed by atoms with E-state index in [2.05, 4.69) is 42.5 Å². The van der Waals surface area contributed by atoms with Gasteiger partial charge in [0.1, 0.15) is 16.8 Å². The van der Waals surface area contributed by atoms with Crippen LogP contribution in [0.2, 0.25) is 0 Å². The maximum atomic E-state index is 13.9. The molecular weight excluding hydrogens is 512 g/mol. The molecule has 1 amide bonds. The zero-order valence-corrected chi connectivity index (χ0v) is 21.7. The summed E-state index contributed by atoms with van der Waals surface area (Å²) in [7, 11) is 1.82. The van der Waals surface area contributed by atoms with E-state index in [4.69, 9.17) is 10.3 Å². The normalized spacial score (nSPS) is 11.9. The molecule has 1 atom stereocenters. The predicted octanol–water partition coefficient (Wildman–Crippen LogP) is 1.93. The number of hydrogen-bond acceptors (Lipinski definition) is 9. The number of nitrogen functional groups attached to an aromatic ring is 1. The third kappa shape index (κ3) is 4.04. The lowest BCUT2D eigenvalue weighted by Crippen LogP contribution is -2.33. The Morgan fingerprint density at radius 1 is 1.18 bits per heavy atom. The van der Waals surface area contributed by atoms with Crippen LogP contribution in [0.1, 0.15) is 46.1 Å². The summed E-state index contributed by atoms with van der Waals surface area (Å²) in [6.07, 6.45) is 4.82. The van der Waals surface area contributed by atoms with Gasteiger partial charge in [-0.3, -0.25) is 18.8 Å².